The van der Waals surface area contributed by atoms with Crippen LogP contribution in [0.4, 0.5) is 10.5 Å². The van der Waals surface area contributed by atoms with Crippen molar-refractivity contribution in [2.75, 3.05) is 62.3 Å². The van der Waals surface area contributed by atoms with Gasteiger partial charge in [-0.15, -0.1) is 5.11 Å². The highest BCUT2D eigenvalue weighted by atomic mass is 79.9. The number of amides is 8. The molecule has 35 heteroatoms. The van der Waals surface area contributed by atoms with Crippen LogP contribution in [0.1, 0.15) is 183 Å². The van der Waals surface area contributed by atoms with Crippen molar-refractivity contribution in [2.45, 2.75) is 211 Å². The molecular formula is C99H124BrCl2N11O19Si2. The Morgan fingerprint density at radius 1 is 0.627 bits per heavy atom. The number of hydrogen-bond donors (Lipinski definition) is 8. The van der Waals surface area contributed by atoms with Gasteiger partial charge in [0.25, 0.3) is 0 Å². The fraction of sp³-hybridized carbons (Fsp3) is 0.434. The van der Waals surface area contributed by atoms with Gasteiger partial charge in [0.1, 0.15) is 87.8 Å². The summed E-state index contributed by atoms with van der Waals surface area (Å²) in [5, 5.41) is 42.1. The number of rotatable bonds is 31. The van der Waals surface area contributed by atoms with E-state index in [0.29, 0.717) is 63.7 Å². The van der Waals surface area contributed by atoms with E-state index in [4.69, 9.17) is 75.1 Å². The van der Waals surface area contributed by atoms with Crippen LogP contribution in [0.5, 0.6) is 46.0 Å². The lowest BCUT2D eigenvalue weighted by atomic mass is 9.89. The summed E-state index contributed by atoms with van der Waals surface area (Å²) in [6.45, 7) is 29.5. The molecule has 8 amide bonds. The number of phenolic OH excluding ortho intramolecular Hbond substituents is 1. The van der Waals surface area contributed by atoms with Crippen molar-refractivity contribution in [3.8, 4) is 57.1 Å². The zero-order valence-electron chi connectivity index (χ0n) is 79.7. The summed E-state index contributed by atoms with van der Waals surface area (Å²) in [4.78, 5) is 132. The molecule has 4 aliphatic heterocycles. The van der Waals surface area contributed by atoms with E-state index in [-0.39, 0.29) is 91.2 Å². The Morgan fingerprint density at radius 2 is 1.25 bits per heavy atom. The standard InChI is InChI=1S/C99H124BrCl2N11O19Si2/c1-56(2)45-74(112(12)96(122)130-97(3,4)5)91(117)108-86(88(131-133(18,19)98(6,7)8)61-33-40-75(114)70(101)48-61)94(120)103-72(53-80(115)105-82(58-29-36-64(123-13)37-30-58)59-31-38-65(124-14)39-32-59)90(116)106-84-63-47-69(100)85(110-111-113-43-25-26-44-113)79(50-63)129-77-42-35-62(49-71(77)102)89(132-134(20,21)99(9,10)11)87-95(121)104-73(55-128-54-57-27-23-22-24-28-57)67-51-66(125-15)52-78(127-17)81(67)68-46-60(34-41-76(68)126-16)83(92(118)109-87)107-93(84)119/h22-24,27-42,46-52,56,72-74,82-84,86-89,114H,25-26,43-45,53-55H2,1-21H3,(H,103,120)(H,104,121)(H,105,115)(H,106,116)(H,107,119)(H,108,117)(H,109,118)/t72-,73+,74+,83+,84+,86+,87-,88+,89+/m0/s1. The number of phenols is 1. The Labute approximate surface area is 804 Å². The molecule has 8 N–H and O–H groups in total. The molecule has 0 radical (unpaired) electrons. The van der Waals surface area contributed by atoms with Gasteiger partial charge in [-0.25, -0.2) is 4.79 Å². The number of fused-ring (bicyclic) bond motifs is 8. The van der Waals surface area contributed by atoms with Crippen molar-refractivity contribution in [2.24, 2.45) is 16.3 Å². The van der Waals surface area contributed by atoms with E-state index in [9.17, 15) is 9.90 Å². The molecule has 1 fully saturated rings. The number of hydrogen-bond acceptors (Lipinski definition) is 21. The Bertz CT molecular complexity index is 5550. The van der Waals surface area contributed by atoms with Gasteiger partial charge in [0.05, 0.1) is 89.5 Å². The molecule has 12 rings (SSSR count). The van der Waals surface area contributed by atoms with E-state index in [1.807, 2.05) is 112 Å². The highest BCUT2D eigenvalue weighted by Crippen LogP contribution is 2.50. The first-order valence-electron chi connectivity index (χ1n) is 44.5. The maximum atomic E-state index is 17.1. The molecule has 30 nitrogen and oxygen atoms in total. The van der Waals surface area contributed by atoms with E-state index in [2.05, 4.69) is 58.4 Å². The van der Waals surface area contributed by atoms with Gasteiger partial charge < -0.3 is 89.1 Å². The topological polar surface area (TPSA) is 365 Å². The normalized spacial score (nSPS) is 17.6. The molecule has 0 aliphatic carbocycles. The predicted molar refractivity (Wildman–Crippen MR) is 520 cm³/mol. The van der Waals surface area contributed by atoms with E-state index in [1.54, 1.807) is 123 Å². The summed E-state index contributed by atoms with van der Waals surface area (Å²) < 4.78 is 64.0. The largest absolute Gasteiger partial charge is 0.506 e. The van der Waals surface area contributed by atoms with Gasteiger partial charge in [0, 0.05) is 41.8 Å². The molecule has 8 bridgehead atoms. The lowest BCUT2D eigenvalue weighted by Crippen LogP contribution is -2.61. The maximum absolute atomic E-state index is 17.1. The second-order valence-corrected chi connectivity index (χ2v) is 49.2. The van der Waals surface area contributed by atoms with Crippen LogP contribution in [0.25, 0.3) is 11.1 Å². The fourth-order valence-corrected chi connectivity index (χ4v) is 18.7. The molecule has 8 aromatic carbocycles. The summed E-state index contributed by atoms with van der Waals surface area (Å²) in [6, 6.07) is 30.0. The van der Waals surface area contributed by atoms with E-state index in [1.165, 1.54) is 72.9 Å². The summed E-state index contributed by atoms with van der Waals surface area (Å²) in [5.41, 5.74) is 2.45. The van der Waals surface area contributed by atoms with Crippen molar-refractivity contribution in [1.29, 1.82) is 0 Å². The smallest absolute Gasteiger partial charge is 0.410 e. The minimum atomic E-state index is -3.24. The third-order valence-corrected chi connectivity index (χ3v) is 34.8. The van der Waals surface area contributed by atoms with Crippen molar-refractivity contribution >= 4 is 109 Å². The third kappa shape index (κ3) is 25.4. The number of nitrogens with one attached hydrogen (secondary N) is 7. The van der Waals surface area contributed by atoms with Crippen LogP contribution in [0.3, 0.4) is 0 Å². The molecule has 0 spiro atoms. The molecule has 718 valence electrons. The Hall–Kier alpha value is -11.3. The van der Waals surface area contributed by atoms with Crippen molar-refractivity contribution < 1.29 is 90.2 Å². The molecule has 1 saturated heterocycles. The second kappa shape index (κ2) is 44.0. The van der Waals surface area contributed by atoms with Gasteiger partial charge in [-0.1, -0.05) is 157 Å². The number of halogens is 3. The Kier molecular flexibility index (Phi) is 33.9. The lowest BCUT2D eigenvalue weighted by Gasteiger charge is -2.42. The SMILES string of the molecule is COc1ccc(C(NC(=O)C[C@H](NC(=O)[C@H](NC(=O)[C@@H](CC(C)C)N(C)C(=O)OC(C)(C)C)[C@H](O[Si](C)(C)C(C)(C)C)c2ccc(O)c(Cl)c2)C(=O)N[C@H]2C(=O)N[C@H]3C(=O)N[C@H](C(=O)N[C@H](COCc4ccccc4)c4cc(OC)cc(OC)c4-c4cc3ccc4OC)[C@H](O[Si](C)(C)C(C)(C)C)c3ccc(c(Cl)c3)Oc3cc2cc(Br)c3N=NN2CCCC2)c2ccc(OC)cc2)cc1. The molecule has 134 heavy (non-hydrogen) atoms. The Morgan fingerprint density at radius 3 is 1.83 bits per heavy atom. The summed E-state index contributed by atoms with van der Waals surface area (Å²) in [5.74, 6) is -5.99. The van der Waals surface area contributed by atoms with Crippen LogP contribution in [0.2, 0.25) is 46.3 Å². The van der Waals surface area contributed by atoms with Gasteiger partial charge in [-0.2, -0.15) is 0 Å². The zero-order chi connectivity index (χ0) is 97.8. The average Bonchev–Trinajstić information content (AvgIpc) is 0.788. The van der Waals surface area contributed by atoms with Crippen molar-refractivity contribution in [3.05, 3.63) is 217 Å². The van der Waals surface area contributed by atoms with E-state index >= 15 is 33.6 Å². The maximum Gasteiger partial charge on any atom is 0.410 e. The minimum absolute atomic E-state index is 0.00780. The number of carbonyl (C=O) groups is 8. The number of methoxy groups -OCH3 is 5. The summed E-state index contributed by atoms with van der Waals surface area (Å²) in [6.07, 6.45) is -3.11. The third-order valence-electron chi connectivity index (χ3n) is 24.7. The second-order valence-electron chi connectivity index (χ2n) is 38.0. The number of nitrogens with zero attached hydrogens (tertiary/aromatic N) is 4. The molecule has 9 atom stereocenters. The highest BCUT2D eigenvalue weighted by molar-refractivity contribution is 9.10. The first-order chi connectivity index (χ1) is 63.2. The van der Waals surface area contributed by atoms with Gasteiger partial charge >= 0.3 is 6.09 Å². The minimum Gasteiger partial charge on any atom is -0.506 e. The quantitative estimate of drug-likeness (QED) is 0.0148. The lowest BCUT2D eigenvalue weighted by molar-refractivity contribution is -0.138. The molecule has 0 unspecified atom stereocenters. The van der Waals surface area contributed by atoms with Gasteiger partial charge in [-0.05, 0) is 222 Å². The molecule has 0 aromatic heterocycles. The van der Waals surface area contributed by atoms with Gasteiger partial charge in [0.2, 0.25) is 41.4 Å². The van der Waals surface area contributed by atoms with Gasteiger partial charge in [-0.3, -0.25) is 43.5 Å². The first kappa shape index (κ1) is 103. The van der Waals surface area contributed by atoms with E-state index in [0.717, 1.165) is 23.3 Å². The molecule has 8 aromatic rings. The zero-order valence-corrected chi connectivity index (χ0v) is 84.8. The molecule has 4 heterocycles. The van der Waals surface area contributed by atoms with Crippen LogP contribution < -0.4 is 65.6 Å². The molecule has 4 aliphatic rings. The average molecular weight is 1980 g/mol. The van der Waals surface area contributed by atoms with E-state index < -0.39 is 147 Å². The number of aromatic hydroxyl groups is 1. The number of likely N-dealkylation sites (N-methyl/N-ethyl adjacent to an activating group) is 1. The highest BCUT2D eigenvalue weighted by Gasteiger charge is 2.49. The molecular weight excluding hydrogens is 1850 g/mol. The van der Waals surface area contributed by atoms with Crippen LogP contribution in [-0.2, 0) is 58.5 Å². The summed E-state index contributed by atoms with van der Waals surface area (Å²) >= 11 is 18.2. The number of benzene rings is 8. The fourth-order valence-electron chi connectivity index (χ4n) is 15.3. The van der Waals surface area contributed by atoms with Crippen molar-refractivity contribution in [1.82, 2.24) is 47.1 Å². The van der Waals surface area contributed by atoms with Crippen LogP contribution in [-0.4, -0.2) is 171 Å². The molecule has 0 saturated carbocycles. The van der Waals surface area contributed by atoms with Crippen LogP contribution in [0.15, 0.2) is 173 Å². The Balaban J connectivity index is 1.16. The number of ether oxygens (including phenoxy) is 8. The number of carbonyl (C=O) groups excluding carboxylic acids is 8. The van der Waals surface area contributed by atoms with Crippen LogP contribution in [0, 0.1) is 5.92 Å². The predicted octanol–water partition coefficient (Wildman–Crippen LogP) is 18.3. The first-order valence-corrected chi connectivity index (χ1v) is 51.8. The van der Waals surface area contributed by atoms with Crippen molar-refractivity contribution in [3.63, 3.8) is 0 Å². The van der Waals surface area contributed by atoms with Gasteiger partial charge in [0.15, 0.2) is 22.4 Å². The van der Waals surface area contributed by atoms with Crippen LogP contribution >= 0.6 is 39.1 Å². The monoisotopic (exact) mass is 1980 g/mol. The summed E-state index contributed by atoms with van der Waals surface area (Å²) in [7, 11) is 2.42.